The number of hydrogen-bond acceptors (Lipinski definition) is 4. The van der Waals surface area contributed by atoms with E-state index < -0.39 is 0 Å². The van der Waals surface area contributed by atoms with Crippen molar-refractivity contribution in [1.29, 1.82) is 0 Å². The highest BCUT2D eigenvalue weighted by atomic mass is 16.3. The Hall–Kier alpha value is -2.14. The van der Waals surface area contributed by atoms with Crippen molar-refractivity contribution < 1.29 is 9.21 Å². The van der Waals surface area contributed by atoms with Crippen LogP contribution in [0.5, 0.6) is 0 Å². The quantitative estimate of drug-likeness (QED) is 0.877. The van der Waals surface area contributed by atoms with Gasteiger partial charge in [-0.3, -0.25) is 14.7 Å². The summed E-state index contributed by atoms with van der Waals surface area (Å²) in [7, 11) is 0. The van der Waals surface area contributed by atoms with Crippen LogP contribution >= 0.6 is 0 Å². The van der Waals surface area contributed by atoms with Gasteiger partial charge in [-0.15, -0.1) is 0 Å². The molecule has 0 radical (unpaired) electrons. The Morgan fingerprint density at radius 3 is 2.72 bits per heavy atom. The van der Waals surface area contributed by atoms with Crippen LogP contribution in [0, 0.1) is 12.8 Å². The van der Waals surface area contributed by atoms with E-state index in [1.807, 2.05) is 19.2 Å². The molecule has 134 valence electrons. The number of carbonyl (C=O) groups excluding carboxylic acids is 1. The first-order chi connectivity index (χ1) is 12.2. The van der Waals surface area contributed by atoms with Crippen molar-refractivity contribution in [2.24, 2.45) is 5.92 Å². The smallest absolute Gasteiger partial charge is 0.287 e. The summed E-state index contributed by atoms with van der Waals surface area (Å²) >= 11 is 0. The Morgan fingerprint density at radius 2 is 2.12 bits per heavy atom. The van der Waals surface area contributed by atoms with Gasteiger partial charge < -0.3 is 9.73 Å². The van der Waals surface area contributed by atoms with Crippen LogP contribution in [0.2, 0.25) is 0 Å². The van der Waals surface area contributed by atoms with Crippen LogP contribution in [0.4, 0.5) is 0 Å². The molecule has 3 rings (SSSR count). The van der Waals surface area contributed by atoms with E-state index in [0.717, 1.165) is 56.7 Å². The summed E-state index contributed by atoms with van der Waals surface area (Å²) < 4.78 is 5.24. The van der Waals surface area contributed by atoms with E-state index in [1.54, 1.807) is 6.26 Å². The molecule has 0 atom stereocenters. The third-order valence-electron chi connectivity index (χ3n) is 5.01. The number of furan rings is 1. The van der Waals surface area contributed by atoms with Crippen LogP contribution in [0.1, 0.15) is 47.1 Å². The topological polar surface area (TPSA) is 58.4 Å². The molecule has 0 unspecified atom stereocenters. The minimum Gasteiger partial charge on any atom is -0.459 e. The summed E-state index contributed by atoms with van der Waals surface area (Å²) in [5, 5.41) is 3.01. The number of hydrogen-bond donors (Lipinski definition) is 1. The molecule has 1 fully saturated rings. The second-order valence-corrected chi connectivity index (χ2v) is 6.87. The summed E-state index contributed by atoms with van der Waals surface area (Å²) in [6, 6.07) is 6.12. The van der Waals surface area contributed by atoms with Gasteiger partial charge in [0.2, 0.25) is 0 Å². The first kappa shape index (κ1) is 17.7. The maximum atomic E-state index is 12.1. The van der Waals surface area contributed by atoms with Gasteiger partial charge >= 0.3 is 0 Å². The number of nitrogens with zero attached hydrogens (tertiary/aromatic N) is 2. The molecule has 1 N–H and O–H groups in total. The molecule has 0 saturated carbocycles. The molecule has 0 spiro atoms. The molecule has 1 amide bonds. The molecule has 1 saturated heterocycles. The highest BCUT2D eigenvalue weighted by molar-refractivity contribution is 5.92. The molecule has 5 nitrogen and oxygen atoms in total. The first-order valence-electron chi connectivity index (χ1n) is 9.14. The highest BCUT2D eigenvalue weighted by Crippen LogP contribution is 2.18. The number of aromatic nitrogens is 1. The molecule has 1 aliphatic rings. The summed E-state index contributed by atoms with van der Waals surface area (Å²) in [6.07, 6.45) is 6.77. The zero-order chi connectivity index (χ0) is 17.6. The predicted octanol–water partition coefficient (Wildman–Crippen LogP) is 3.19. The van der Waals surface area contributed by atoms with Crippen molar-refractivity contribution in [3.05, 3.63) is 53.2 Å². The number of piperidine rings is 1. The monoisotopic (exact) mass is 341 g/mol. The molecule has 0 bridgehead atoms. The molecule has 5 heteroatoms. The Kier molecular flexibility index (Phi) is 5.87. The van der Waals surface area contributed by atoms with Crippen molar-refractivity contribution >= 4 is 5.91 Å². The lowest BCUT2D eigenvalue weighted by molar-refractivity contribution is 0.0906. The lowest BCUT2D eigenvalue weighted by Crippen LogP contribution is -2.38. The van der Waals surface area contributed by atoms with E-state index in [2.05, 4.69) is 34.3 Å². The van der Waals surface area contributed by atoms with E-state index in [1.165, 1.54) is 5.56 Å². The molecule has 0 aliphatic carbocycles. The lowest BCUT2D eigenvalue weighted by atomic mass is 9.96. The molecule has 3 heterocycles. The minimum atomic E-state index is -0.106. The van der Waals surface area contributed by atoms with E-state index in [0.29, 0.717) is 11.7 Å². The average molecular weight is 341 g/mol. The van der Waals surface area contributed by atoms with Gasteiger partial charge in [0.1, 0.15) is 0 Å². The molecular formula is C20H27N3O2. The van der Waals surface area contributed by atoms with Gasteiger partial charge in [0.25, 0.3) is 5.91 Å². The number of pyridine rings is 1. The third kappa shape index (κ3) is 4.69. The SMILES string of the molecule is CCc1ccc(CN2CCC(CNC(=O)c3occc3C)CC2)nc1. The van der Waals surface area contributed by atoms with Crippen molar-refractivity contribution in [1.82, 2.24) is 15.2 Å². The van der Waals surface area contributed by atoms with Crippen LogP contribution in [-0.4, -0.2) is 35.4 Å². The maximum absolute atomic E-state index is 12.1. The fraction of sp³-hybridized carbons (Fsp3) is 0.500. The molecule has 2 aromatic rings. The first-order valence-corrected chi connectivity index (χ1v) is 9.14. The number of rotatable bonds is 6. The summed E-state index contributed by atoms with van der Waals surface area (Å²) in [5.41, 5.74) is 3.30. The number of amides is 1. The third-order valence-corrected chi connectivity index (χ3v) is 5.01. The van der Waals surface area contributed by atoms with E-state index in [4.69, 9.17) is 4.42 Å². The zero-order valence-corrected chi connectivity index (χ0v) is 15.1. The van der Waals surface area contributed by atoms with Gasteiger partial charge in [0.15, 0.2) is 5.76 Å². The van der Waals surface area contributed by atoms with Crippen LogP contribution in [0.3, 0.4) is 0 Å². The molecule has 2 aromatic heterocycles. The Labute approximate surface area is 149 Å². The minimum absolute atomic E-state index is 0.106. The average Bonchev–Trinajstić information content (AvgIpc) is 3.07. The Balaban J connectivity index is 1.41. The Bertz CT molecular complexity index is 685. The van der Waals surface area contributed by atoms with Crippen molar-refractivity contribution in [3.8, 4) is 0 Å². The summed E-state index contributed by atoms with van der Waals surface area (Å²) in [6.45, 7) is 7.77. The van der Waals surface area contributed by atoms with Gasteiger partial charge in [-0.25, -0.2) is 0 Å². The number of nitrogens with one attached hydrogen (secondary N) is 1. The number of likely N-dealkylation sites (tertiary alicyclic amines) is 1. The molecular weight excluding hydrogens is 314 g/mol. The van der Waals surface area contributed by atoms with Crippen molar-refractivity contribution in [2.75, 3.05) is 19.6 Å². The van der Waals surface area contributed by atoms with Gasteiger partial charge in [-0.1, -0.05) is 13.0 Å². The molecule has 25 heavy (non-hydrogen) atoms. The van der Waals surface area contributed by atoms with Gasteiger partial charge in [0.05, 0.1) is 12.0 Å². The summed E-state index contributed by atoms with van der Waals surface area (Å²) in [5.74, 6) is 0.857. The van der Waals surface area contributed by atoms with Gasteiger partial charge in [-0.2, -0.15) is 0 Å². The standard InChI is InChI=1S/C20H27N3O2/c1-3-16-4-5-18(21-12-16)14-23-9-6-17(7-10-23)13-22-20(24)19-15(2)8-11-25-19/h4-5,8,11-12,17H,3,6-7,9-10,13-14H2,1-2H3,(H,22,24). The fourth-order valence-electron chi connectivity index (χ4n) is 3.26. The van der Waals surface area contributed by atoms with E-state index in [-0.39, 0.29) is 5.91 Å². The molecule has 0 aromatic carbocycles. The second-order valence-electron chi connectivity index (χ2n) is 6.87. The van der Waals surface area contributed by atoms with Crippen LogP contribution in [-0.2, 0) is 13.0 Å². The van der Waals surface area contributed by atoms with E-state index >= 15 is 0 Å². The zero-order valence-electron chi connectivity index (χ0n) is 15.1. The molecule has 1 aliphatic heterocycles. The highest BCUT2D eigenvalue weighted by Gasteiger charge is 2.21. The Morgan fingerprint density at radius 1 is 1.32 bits per heavy atom. The van der Waals surface area contributed by atoms with Crippen LogP contribution in [0.15, 0.2) is 35.1 Å². The number of aryl methyl sites for hydroxylation is 2. The van der Waals surface area contributed by atoms with Gasteiger partial charge in [-0.05, 0) is 62.9 Å². The summed E-state index contributed by atoms with van der Waals surface area (Å²) in [4.78, 5) is 19.1. The number of carbonyl (C=O) groups is 1. The predicted molar refractivity (Wildman–Crippen MR) is 97.4 cm³/mol. The van der Waals surface area contributed by atoms with E-state index in [9.17, 15) is 4.79 Å². The maximum Gasteiger partial charge on any atom is 0.287 e. The van der Waals surface area contributed by atoms with Gasteiger partial charge in [0, 0.05) is 24.8 Å². The largest absolute Gasteiger partial charge is 0.459 e. The fourth-order valence-corrected chi connectivity index (χ4v) is 3.26. The second kappa shape index (κ2) is 8.30. The lowest BCUT2D eigenvalue weighted by Gasteiger charge is -2.31. The van der Waals surface area contributed by atoms with Crippen molar-refractivity contribution in [3.63, 3.8) is 0 Å². The van der Waals surface area contributed by atoms with Crippen LogP contribution < -0.4 is 5.32 Å². The normalized spacial score (nSPS) is 16.1. The van der Waals surface area contributed by atoms with Crippen molar-refractivity contribution in [2.45, 2.75) is 39.7 Å². The van der Waals surface area contributed by atoms with Crippen LogP contribution in [0.25, 0.3) is 0 Å².